The van der Waals surface area contributed by atoms with Crippen LogP contribution in [0.25, 0.3) is 0 Å². The van der Waals surface area contributed by atoms with Gasteiger partial charge in [-0.3, -0.25) is 4.90 Å². The molecule has 14 heavy (non-hydrogen) atoms. The lowest BCUT2D eigenvalue weighted by molar-refractivity contribution is 0.353. The molecule has 0 bridgehead atoms. The van der Waals surface area contributed by atoms with Crippen molar-refractivity contribution in [2.45, 2.75) is 40.3 Å². The van der Waals surface area contributed by atoms with Crippen molar-refractivity contribution in [3.05, 3.63) is 34.9 Å². The van der Waals surface area contributed by atoms with Gasteiger partial charge in [-0.2, -0.15) is 0 Å². The second kappa shape index (κ2) is 5.16. The van der Waals surface area contributed by atoms with Crippen LogP contribution in [0.3, 0.4) is 0 Å². The van der Waals surface area contributed by atoms with Crippen molar-refractivity contribution < 1.29 is 0 Å². The van der Waals surface area contributed by atoms with Gasteiger partial charge < -0.3 is 0 Å². The summed E-state index contributed by atoms with van der Waals surface area (Å²) >= 11 is 0. The number of hydrogen-bond acceptors (Lipinski definition) is 1. The first kappa shape index (κ1) is 11.3. The Morgan fingerprint density at radius 1 is 1.14 bits per heavy atom. The van der Waals surface area contributed by atoms with Gasteiger partial charge in [-0.25, -0.2) is 0 Å². The normalized spacial score (nSPS) is 14.6. The zero-order valence-electron chi connectivity index (χ0n) is 9.80. The predicted molar refractivity (Wildman–Crippen MR) is 62.3 cm³/mol. The molecule has 1 aliphatic rings. The minimum absolute atomic E-state index is 1.12. The van der Waals surface area contributed by atoms with E-state index >= 15 is 0 Å². The molecule has 1 aromatic carbocycles. The maximum absolute atomic E-state index is 2.34. The van der Waals surface area contributed by atoms with Crippen LogP contribution in [-0.2, 0) is 13.1 Å². The molecule has 1 heterocycles. The van der Waals surface area contributed by atoms with E-state index in [0.29, 0.717) is 0 Å². The van der Waals surface area contributed by atoms with E-state index in [2.05, 4.69) is 50.9 Å². The predicted octanol–water partition coefficient (Wildman–Crippen LogP) is 3.36. The smallest absolute Gasteiger partial charge is 0.0237 e. The third-order valence-corrected chi connectivity index (χ3v) is 2.24. The molecule has 0 radical (unpaired) electrons. The zero-order valence-corrected chi connectivity index (χ0v) is 9.80. The number of aryl methyl sites for hydroxylation is 1. The van der Waals surface area contributed by atoms with Gasteiger partial charge in [0.2, 0.25) is 0 Å². The first-order valence-corrected chi connectivity index (χ1v) is 5.44. The summed E-state index contributed by atoms with van der Waals surface area (Å²) in [5.74, 6) is 0. The Morgan fingerprint density at radius 3 is 2.36 bits per heavy atom. The molecule has 0 N–H and O–H groups in total. The Balaban J connectivity index is 0.000000293. The summed E-state index contributed by atoms with van der Waals surface area (Å²) in [7, 11) is 2.16. The van der Waals surface area contributed by atoms with Crippen LogP contribution in [0.4, 0.5) is 0 Å². The number of nitrogens with zero attached hydrogens (tertiary/aromatic N) is 1. The topological polar surface area (TPSA) is 3.24 Å². The number of fused-ring (bicyclic) bond motifs is 1. The third-order valence-electron chi connectivity index (χ3n) is 2.24. The average molecular weight is 191 g/mol. The lowest BCUT2D eigenvalue weighted by atomic mass is 10.1. The molecule has 1 aliphatic heterocycles. The molecule has 0 fully saturated rings. The monoisotopic (exact) mass is 191 g/mol. The number of benzene rings is 1. The van der Waals surface area contributed by atoms with Crippen molar-refractivity contribution in [3.63, 3.8) is 0 Å². The minimum Gasteiger partial charge on any atom is -0.298 e. The molecule has 0 aromatic heterocycles. The summed E-state index contributed by atoms with van der Waals surface area (Å²) in [5, 5.41) is 0. The van der Waals surface area contributed by atoms with Gasteiger partial charge in [0, 0.05) is 13.1 Å². The number of hydrogen-bond donors (Lipinski definition) is 0. The van der Waals surface area contributed by atoms with Gasteiger partial charge in [0.15, 0.2) is 0 Å². The fourth-order valence-electron chi connectivity index (χ4n) is 1.69. The quantitative estimate of drug-likeness (QED) is 0.608. The third kappa shape index (κ3) is 2.85. The highest BCUT2D eigenvalue weighted by molar-refractivity contribution is 5.33. The van der Waals surface area contributed by atoms with Crippen LogP contribution in [0, 0.1) is 6.92 Å². The molecule has 0 spiro atoms. The molecule has 78 valence electrons. The molecule has 0 saturated heterocycles. The van der Waals surface area contributed by atoms with Crippen molar-refractivity contribution >= 4 is 0 Å². The minimum atomic E-state index is 1.12. The van der Waals surface area contributed by atoms with Crippen molar-refractivity contribution in [3.8, 4) is 0 Å². The summed E-state index contributed by atoms with van der Waals surface area (Å²) in [6, 6.07) is 6.73. The van der Waals surface area contributed by atoms with E-state index in [-0.39, 0.29) is 0 Å². The van der Waals surface area contributed by atoms with E-state index in [0.717, 1.165) is 13.1 Å². The summed E-state index contributed by atoms with van der Waals surface area (Å²) in [4.78, 5) is 2.34. The zero-order chi connectivity index (χ0) is 10.6. The molecular weight excluding hydrogens is 170 g/mol. The molecular formula is C13H21N. The van der Waals surface area contributed by atoms with Gasteiger partial charge in [-0.1, -0.05) is 44.0 Å². The first-order chi connectivity index (χ1) is 6.67. The van der Waals surface area contributed by atoms with E-state index in [1.54, 1.807) is 0 Å². The Morgan fingerprint density at radius 2 is 1.71 bits per heavy atom. The second-order valence-corrected chi connectivity index (χ2v) is 4.15. The maximum atomic E-state index is 2.34. The maximum Gasteiger partial charge on any atom is 0.0237 e. The van der Waals surface area contributed by atoms with E-state index in [1.807, 2.05) is 0 Å². The van der Waals surface area contributed by atoms with Crippen LogP contribution in [0.2, 0.25) is 0 Å². The Hall–Kier alpha value is -0.820. The van der Waals surface area contributed by atoms with Crippen molar-refractivity contribution in [2.75, 3.05) is 7.05 Å². The molecule has 0 saturated carbocycles. The first-order valence-electron chi connectivity index (χ1n) is 5.44. The van der Waals surface area contributed by atoms with Gasteiger partial charge >= 0.3 is 0 Å². The SMILES string of the molecule is CCC.Cc1ccc2c(c1)CN(C)C2. The lowest BCUT2D eigenvalue weighted by Gasteiger charge is -2.02. The lowest BCUT2D eigenvalue weighted by Crippen LogP contribution is -2.07. The van der Waals surface area contributed by atoms with Crippen LogP contribution < -0.4 is 0 Å². The van der Waals surface area contributed by atoms with Gasteiger partial charge in [-0.15, -0.1) is 0 Å². The summed E-state index contributed by atoms with van der Waals surface area (Å²) in [6.07, 6.45) is 1.25. The molecule has 2 rings (SSSR count). The highest BCUT2D eigenvalue weighted by Gasteiger charge is 2.13. The van der Waals surface area contributed by atoms with E-state index in [1.165, 1.54) is 23.1 Å². The van der Waals surface area contributed by atoms with E-state index < -0.39 is 0 Å². The van der Waals surface area contributed by atoms with E-state index in [4.69, 9.17) is 0 Å². The van der Waals surface area contributed by atoms with Gasteiger partial charge in [0.05, 0.1) is 0 Å². The molecule has 0 atom stereocenters. The van der Waals surface area contributed by atoms with E-state index in [9.17, 15) is 0 Å². The Labute approximate surface area is 87.7 Å². The molecule has 0 amide bonds. The molecule has 1 nitrogen and oxygen atoms in total. The molecule has 0 unspecified atom stereocenters. The standard InChI is InChI=1S/C10H13N.C3H8/c1-8-3-4-9-6-11(2)7-10(9)5-8;1-3-2/h3-5H,6-7H2,1-2H3;3H2,1-2H3. The van der Waals surface area contributed by atoms with Crippen molar-refractivity contribution in [1.82, 2.24) is 4.90 Å². The summed E-state index contributed by atoms with van der Waals surface area (Å²) in [5.41, 5.74) is 4.38. The Kier molecular flexibility index (Phi) is 4.15. The van der Waals surface area contributed by atoms with Gasteiger partial charge in [0.25, 0.3) is 0 Å². The second-order valence-electron chi connectivity index (χ2n) is 4.15. The van der Waals surface area contributed by atoms with Gasteiger partial charge in [0.1, 0.15) is 0 Å². The van der Waals surface area contributed by atoms with Gasteiger partial charge in [-0.05, 0) is 25.1 Å². The average Bonchev–Trinajstić information content (AvgIpc) is 2.45. The van der Waals surface area contributed by atoms with Crippen LogP contribution in [0.5, 0.6) is 0 Å². The number of rotatable bonds is 0. The summed E-state index contributed by atoms with van der Waals surface area (Å²) < 4.78 is 0. The Bertz CT molecular complexity index is 291. The van der Waals surface area contributed by atoms with Crippen LogP contribution in [0.1, 0.15) is 37.0 Å². The molecule has 1 heteroatoms. The molecule has 0 aliphatic carbocycles. The summed E-state index contributed by atoms with van der Waals surface area (Å²) in [6.45, 7) is 8.64. The molecule has 1 aromatic rings. The van der Waals surface area contributed by atoms with Crippen LogP contribution in [-0.4, -0.2) is 11.9 Å². The van der Waals surface area contributed by atoms with Crippen LogP contribution in [0.15, 0.2) is 18.2 Å². The largest absolute Gasteiger partial charge is 0.298 e. The van der Waals surface area contributed by atoms with Crippen molar-refractivity contribution in [1.29, 1.82) is 0 Å². The fraction of sp³-hybridized carbons (Fsp3) is 0.538. The highest BCUT2D eigenvalue weighted by atomic mass is 15.1. The van der Waals surface area contributed by atoms with Crippen LogP contribution >= 0.6 is 0 Å². The highest BCUT2D eigenvalue weighted by Crippen LogP contribution is 2.21. The fourth-order valence-corrected chi connectivity index (χ4v) is 1.69. The van der Waals surface area contributed by atoms with Crippen molar-refractivity contribution in [2.24, 2.45) is 0 Å².